The second-order valence-electron chi connectivity index (χ2n) is 4.79. The fourth-order valence-corrected chi connectivity index (χ4v) is 2.61. The molecule has 0 amide bonds. The second-order valence-corrected chi connectivity index (χ2v) is 4.79. The minimum Gasteiger partial charge on any atom is -0.480 e. The number of aliphatic carboxylic acids is 1. The first-order valence-corrected chi connectivity index (χ1v) is 6.20. The molecule has 19 heavy (non-hydrogen) atoms. The van der Waals surface area contributed by atoms with Gasteiger partial charge in [0, 0.05) is 13.5 Å². The van der Waals surface area contributed by atoms with Gasteiger partial charge in [-0.1, -0.05) is 30.3 Å². The summed E-state index contributed by atoms with van der Waals surface area (Å²) < 4.78 is 1.96. The van der Waals surface area contributed by atoms with Gasteiger partial charge in [0.15, 0.2) is 0 Å². The first kappa shape index (κ1) is 11.9. The molecule has 1 aliphatic rings. The first-order chi connectivity index (χ1) is 9.16. The fraction of sp³-hybridized carbons (Fsp3) is 0.286. The molecule has 1 aliphatic heterocycles. The lowest BCUT2D eigenvalue weighted by Crippen LogP contribution is -2.45. The van der Waals surface area contributed by atoms with Crippen molar-refractivity contribution in [1.82, 2.24) is 14.9 Å². The number of rotatable bonds is 2. The van der Waals surface area contributed by atoms with Crippen LogP contribution in [-0.2, 0) is 18.3 Å². The van der Waals surface area contributed by atoms with Crippen LogP contribution in [0.4, 0.5) is 0 Å². The predicted molar refractivity (Wildman–Crippen MR) is 69.8 cm³/mol. The topological polar surface area (TPSA) is 67.2 Å². The molecule has 0 spiro atoms. The number of fused-ring (bicyclic) bond motifs is 1. The average Bonchev–Trinajstić information content (AvgIpc) is 2.80. The van der Waals surface area contributed by atoms with Crippen molar-refractivity contribution in [1.29, 1.82) is 0 Å². The molecular formula is C14H15N3O2. The summed E-state index contributed by atoms with van der Waals surface area (Å²) in [5.41, 5.74) is 2.96. The van der Waals surface area contributed by atoms with Crippen LogP contribution in [0.15, 0.2) is 36.7 Å². The van der Waals surface area contributed by atoms with Crippen LogP contribution in [0.25, 0.3) is 0 Å². The summed E-state index contributed by atoms with van der Waals surface area (Å²) in [5.74, 6) is -0.836. The summed E-state index contributed by atoms with van der Waals surface area (Å²) in [5, 5.41) is 12.4. The lowest BCUT2D eigenvalue weighted by molar-refractivity contribution is -0.139. The Morgan fingerprint density at radius 3 is 2.84 bits per heavy atom. The van der Waals surface area contributed by atoms with Gasteiger partial charge in [0.25, 0.3) is 0 Å². The van der Waals surface area contributed by atoms with Crippen LogP contribution in [0.1, 0.15) is 23.0 Å². The normalized spacial score (nSPS) is 21.9. The number of carboxylic acid groups (broad SMARTS) is 1. The van der Waals surface area contributed by atoms with Gasteiger partial charge in [0.05, 0.1) is 23.8 Å². The molecule has 2 atom stereocenters. The van der Waals surface area contributed by atoms with E-state index in [1.807, 2.05) is 41.9 Å². The molecule has 0 bridgehead atoms. The van der Waals surface area contributed by atoms with Crippen molar-refractivity contribution in [3.8, 4) is 0 Å². The van der Waals surface area contributed by atoms with E-state index in [0.717, 1.165) is 17.0 Å². The maximum atomic E-state index is 11.3. The summed E-state index contributed by atoms with van der Waals surface area (Å²) in [6.45, 7) is 0. The Balaban J connectivity index is 2.07. The summed E-state index contributed by atoms with van der Waals surface area (Å²) in [4.78, 5) is 15.6. The van der Waals surface area contributed by atoms with Gasteiger partial charge in [0.2, 0.25) is 0 Å². The third-order valence-corrected chi connectivity index (χ3v) is 3.53. The Kier molecular flexibility index (Phi) is 2.83. The number of hydrogen-bond donors (Lipinski definition) is 2. The van der Waals surface area contributed by atoms with E-state index in [1.54, 1.807) is 6.33 Å². The molecule has 5 heteroatoms. The largest absolute Gasteiger partial charge is 0.480 e. The Morgan fingerprint density at radius 2 is 2.16 bits per heavy atom. The molecular weight excluding hydrogens is 242 g/mol. The predicted octanol–water partition coefficient (Wildman–Crippen LogP) is 1.11. The summed E-state index contributed by atoms with van der Waals surface area (Å²) in [7, 11) is 1.94. The van der Waals surface area contributed by atoms with Crippen molar-refractivity contribution in [2.75, 3.05) is 0 Å². The van der Waals surface area contributed by atoms with Crippen molar-refractivity contribution >= 4 is 5.97 Å². The van der Waals surface area contributed by atoms with Gasteiger partial charge in [-0.3, -0.25) is 10.1 Å². The van der Waals surface area contributed by atoms with Crippen LogP contribution in [0.3, 0.4) is 0 Å². The van der Waals surface area contributed by atoms with Crippen LogP contribution >= 0.6 is 0 Å². The molecule has 2 heterocycles. The average molecular weight is 257 g/mol. The van der Waals surface area contributed by atoms with Crippen molar-refractivity contribution in [3.05, 3.63) is 53.6 Å². The quantitative estimate of drug-likeness (QED) is 0.845. The molecule has 2 aromatic rings. The summed E-state index contributed by atoms with van der Waals surface area (Å²) >= 11 is 0. The molecule has 0 fully saturated rings. The molecule has 0 saturated carbocycles. The van der Waals surface area contributed by atoms with E-state index in [-0.39, 0.29) is 6.04 Å². The number of benzene rings is 1. The highest BCUT2D eigenvalue weighted by Crippen LogP contribution is 2.29. The molecule has 1 aromatic carbocycles. The van der Waals surface area contributed by atoms with Crippen LogP contribution < -0.4 is 5.32 Å². The van der Waals surface area contributed by atoms with E-state index in [0.29, 0.717) is 6.42 Å². The number of aryl methyl sites for hydroxylation is 1. The summed E-state index contributed by atoms with van der Waals surface area (Å²) in [6.07, 6.45) is 2.17. The highest BCUT2D eigenvalue weighted by atomic mass is 16.4. The maximum absolute atomic E-state index is 11.3. The van der Waals surface area contributed by atoms with E-state index < -0.39 is 12.0 Å². The van der Waals surface area contributed by atoms with Gasteiger partial charge in [-0.2, -0.15) is 0 Å². The molecule has 5 nitrogen and oxygen atoms in total. The third-order valence-electron chi connectivity index (χ3n) is 3.53. The Hall–Kier alpha value is -2.14. The summed E-state index contributed by atoms with van der Waals surface area (Å²) in [6, 6.07) is 9.14. The number of carbonyl (C=O) groups is 1. The van der Waals surface area contributed by atoms with E-state index in [4.69, 9.17) is 0 Å². The van der Waals surface area contributed by atoms with E-state index >= 15 is 0 Å². The highest BCUT2D eigenvalue weighted by molar-refractivity contribution is 5.74. The number of aromatic nitrogens is 2. The van der Waals surface area contributed by atoms with Crippen molar-refractivity contribution < 1.29 is 9.90 Å². The number of carboxylic acids is 1. The Bertz CT molecular complexity index is 606. The Labute approximate surface area is 110 Å². The van der Waals surface area contributed by atoms with Crippen molar-refractivity contribution in [2.45, 2.75) is 18.5 Å². The molecule has 0 aliphatic carbocycles. The monoisotopic (exact) mass is 257 g/mol. The lowest BCUT2D eigenvalue weighted by atomic mass is 9.94. The van der Waals surface area contributed by atoms with Crippen LogP contribution in [0.5, 0.6) is 0 Å². The number of imidazole rings is 1. The van der Waals surface area contributed by atoms with E-state index in [9.17, 15) is 9.90 Å². The zero-order valence-electron chi connectivity index (χ0n) is 10.6. The van der Waals surface area contributed by atoms with Gasteiger partial charge < -0.3 is 9.67 Å². The molecule has 1 aromatic heterocycles. The maximum Gasteiger partial charge on any atom is 0.321 e. The van der Waals surface area contributed by atoms with Gasteiger partial charge >= 0.3 is 5.97 Å². The van der Waals surface area contributed by atoms with Gasteiger partial charge in [-0.15, -0.1) is 0 Å². The smallest absolute Gasteiger partial charge is 0.321 e. The van der Waals surface area contributed by atoms with E-state index in [2.05, 4.69) is 10.3 Å². The van der Waals surface area contributed by atoms with Crippen LogP contribution in [0.2, 0.25) is 0 Å². The SMILES string of the molecule is Cn1cnc2c1C(c1ccccc1)NC(C(=O)O)C2. The fourth-order valence-electron chi connectivity index (χ4n) is 2.61. The minimum atomic E-state index is -0.836. The second kappa shape index (κ2) is 4.51. The van der Waals surface area contributed by atoms with Crippen molar-refractivity contribution in [2.24, 2.45) is 7.05 Å². The van der Waals surface area contributed by atoms with Gasteiger partial charge in [0.1, 0.15) is 6.04 Å². The molecule has 98 valence electrons. The number of nitrogens with zero attached hydrogens (tertiary/aromatic N) is 2. The standard InChI is InChI=1S/C14H15N3O2/c1-17-8-15-10-7-11(14(18)19)16-12(13(10)17)9-5-3-2-4-6-9/h2-6,8,11-12,16H,7H2,1H3,(H,18,19). The lowest BCUT2D eigenvalue weighted by Gasteiger charge is -2.29. The van der Waals surface area contributed by atoms with Gasteiger partial charge in [-0.25, -0.2) is 4.98 Å². The van der Waals surface area contributed by atoms with Crippen molar-refractivity contribution in [3.63, 3.8) is 0 Å². The number of nitrogens with one attached hydrogen (secondary N) is 1. The Morgan fingerprint density at radius 1 is 1.42 bits per heavy atom. The first-order valence-electron chi connectivity index (χ1n) is 6.20. The highest BCUT2D eigenvalue weighted by Gasteiger charge is 2.33. The zero-order valence-corrected chi connectivity index (χ0v) is 10.6. The van der Waals surface area contributed by atoms with Gasteiger partial charge in [-0.05, 0) is 5.56 Å². The molecule has 2 N–H and O–H groups in total. The molecule has 2 unspecified atom stereocenters. The van der Waals surface area contributed by atoms with Crippen LogP contribution in [-0.4, -0.2) is 26.7 Å². The third kappa shape index (κ3) is 2.02. The van der Waals surface area contributed by atoms with Crippen LogP contribution in [0, 0.1) is 0 Å². The molecule has 0 radical (unpaired) electrons. The molecule has 3 rings (SSSR count). The molecule has 0 saturated heterocycles. The minimum absolute atomic E-state index is 0.126. The van der Waals surface area contributed by atoms with E-state index in [1.165, 1.54) is 0 Å². The number of hydrogen-bond acceptors (Lipinski definition) is 3. The zero-order chi connectivity index (χ0) is 13.4.